The highest BCUT2D eigenvalue weighted by Crippen LogP contribution is 2.32. The molecule has 1 fully saturated rings. The van der Waals surface area contributed by atoms with Crippen molar-refractivity contribution in [3.8, 4) is 0 Å². The van der Waals surface area contributed by atoms with Gasteiger partial charge >= 0.3 is 0 Å². The fourth-order valence-corrected chi connectivity index (χ4v) is 6.16. The smallest absolute Gasteiger partial charge is 0.251 e. The monoisotopic (exact) mass is 578 g/mol. The second-order valence-corrected chi connectivity index (χ2v) is 11.3. The molecule has 0 spiro atoms. The number of alkyl halides is 1. The zero-order valence-corrected chi connectivity index (χ0v) is 23.4. The van der Waals surface area contributed by atoms with Gasteiger partial charge in [-0.3, -0.25) is 19.8 Å². The van der Waals surface area contributed by atoms with Crippen LogP contribution in [0.15, 0.2) is 53.9 Å². The molecule has 1 aliphatic heterocycles. The van der Waals surface area contributed by atoms with Crippen molar-refractivity contribution in [2.75, 3.05) is 26.8 Å². The molecule has 3 amide bonds. The molecule has 3 heterocycles. The number of aromatic amines is 1. The highest BCUT2D eigenvalue weighted by molar-refractivity contribution is 7.10. The number of fused-ring (bicyclic) bond motifs is 3. The lowest BCUT2D eigenvalue weighted by Crippen LogP contribution is -2.49. The van der Waals surface area contributed by atoms with Crippen LogP contribution in [0.4, 0.5) is 4.39 Å². The van der Waals surface area contributed by atoms with Crippen molar-refractivity contribution < 1.29 is 23.5 Å². The summed E-state index contributed by atoms with van der Waals surface area (Å²) in [5.41, 5.74) is 6.39. The Morgan fingerprint density at radius 3 is 2.68 bits per heavy atom. The fraction of sp³-hybridized carbons (Fsp3) is 0.310. The van der Waals surface area contributed by atoms with Crippen molar-refractivity contribution in [2.45, 2.75) is 31.1 Å². The Morgan fingerprint density at radius 1 is 1.20 bits per heavy atom. The Kier molecular flexibility index (Phi) is 7.78. The van der Waals surface area contributed by atoms with Crippen LogP contribution in [-0.2, 0) is 14.3 Å². The van der Waals surface area contributed by atoms with Crippen molar-refractivity contribution in [1.29, 1.82) is 5.41 Å². The highest BCUT2D eigenvalue weighted by Gasteiger charge is 2.49. The molecule has 4 aromatic rings. The number of benzene rings is 2. The molecular weight excluding hydrogens is 547 g/mol. The topological polar surface area (TPSA) is 153 Å². The molecule has 2 aromatic carbocycles. The molecule has 5 rings (SSSR count). The number of nitrogens with zero attached hydrogens (tertiary/aromatic N) is 1. The van der Waals surface area contributed by atoms with E-state index in [9.17, 15) is 14.4 Å². The van der Waals surface area contributed by atoms with E-state index in [2.05, 4.69) is 15.6 Å². The number of carbonyl (C=O) groups excluding carboxylic acids is 3. The maximum atomic E-state index is 15.6. The molecule has 0 aliphatic carbocycles. The maximum Gasteiger partial charge on any atom is 0.251 e. The number of H-pyrrole nitrogens is 1. The van der Waals surface area contributed by atoms with Gasteiger partial charge in [0.25, 0.3) is 5.91 Å². The summed E-state index contributed by atoms with van der Waals surface area (Å²) in [6.45, 7) is 0.744. The number of nitrogens with two attached hydrogens (primary N) is 1. The number of likely N-dealkylation sites (tertiary alicyclic amines) is 1. The van der Waals surface area contributed by atoms with E-state index in [1.165, 1.54) is 23.3 Å². The predicted octanol–water partition coefficient (Wildman–Crippen LogP) is 3.23. The average Bonchev–Trinajstić information content (AvgIpc) is 3.67. The van der Waals surface area contributed by atoms with Gasteiger partial charge in [0.2, 0.25) is 11.8 Å². The number of hydrogen-bond acceptors (Lipinski definition) is 6. The van der Waals surface area contributed by atoms with Gasteiger partial charge < -0.3 is 31.0 Å². The van der Waals surface area contributed by atoms with Gasteiger partial charge in [0.1, 0.15) is 11.9 Å². The molecule has 12 heteroatoms. The molecule has 0 radical (unpaired) electrons. The number of aromatic nitrogens is 1. The van der Waals surface area contributed by atoms with Gasteiger partial charge in [0.05, 0.1) is 25.7 Å². The van der Waals surface area contributed by atoms with Crippen LogP contribution in [0.25, 0.3) is 21.8 Å². The van der Waals surface area contributed by atoms with Gasteiger partial charge in [-0.1, -0.05) is 18.2 Å². The predicted molar refractivity (Wildman–Crippen MR) is 156 cm³/mol. The summed E-state index contributed by atoms with van der Waals surface area (Å²) in [7, 11) is 1.36. The first-order valence-electron chi connectivity index (χ1n) is 13.1. The summed E-state index contributed by atoms with van der Waals surface area (Å²) in [4.78, 5) is 44.7. The Labute approximate surface area is 239 Å². The molecule has 2 aromatic heterocycles. The largest absolute Gasteiger partial charge is 0.384 e. The molecule has 1 aliphatic rings. The lowest BCUT2D eigenvalue weighted by molar-refractivity contribution is -0.138. The number of halogens is 1. The third-order valence-corrected chi connectivity index (χ3v) is 8.42. The van der Waals surface area contributed by atoms with E-state index in [0.29, 0.717) is 11.1 Å². The first-order valence-corrected chi connectivity index (χ1v) is 14.0. The van der Waals surface area contributed by atoms with Crippen molar-refractivity contribution in [2.24, 2.45) is 5.73 Å². The van der Waals surface area contributed by atoms with Crippen LogP contribution in [-0.4, -0.2) is 72.0 Å². The van der Waals surface area contributed by atoms with Gasteiger partial charge in [-0.25, -0.2) is 4.39 Å². The average molecular weight is 579 g/mol. The molecule has 0 bridgehead atoms. The second-order valence-electron chi connectivity index (χ2n) is 10.3. The minimum Gasteiger partial charge on any atom is -0.384 e. The molecule has 0 unspecified atom stereocenters. The molecule has 3 atom stereocenters. The van der Waals surface area contributed by atoms with E-state index >= 15 is 4.39 Å². The summed E-state index contributed by atoms with van der Waals surface area (Å²) in [5.74, 6) is -1.63. The summed E-state index contributed by atoms with van der Waals surface area (Å²) >= 11 is 1.34. The second kappa shape index (κ2) is 11.3. The van der Waals surface area contributed by atoms with E-state index < -0.39 is 42.0 Å². The third-order valence-electron chi connectivity index (χ3n) is 7.30. The highest BCUT2D eigenvalue weighted by atomic mass is 32.1. The fourth-order valence-electron chi connectivity index (χ4n) is 5.25. The van der Waals surface area contributed by atoms with Crippen LogP contribution < -0.4 is 16.4 Å². The molecule has 41 heavy (non-hydrogen) atoms. The molecule has 1 saturated heterocycles. The summed E-state index contributed by atoms with van der Waals surface area (Å²) in [5, 5.41) is 16.6. The van der Waals surface area contributed by atoms with Crippen LogP contribution in [0.3, 0.4) is 0 Å². The number of hydrogen-bond donors (Lipinski definition) is 5. The Morgan fingerprint density at radius 2 is 1.95 bits per heavy atom. The van der Waals surface area contributed by atoms with E-state index in [0.717, 1.165) is 26.7 Å². The lowest BCUT2D eigenvalue weighted by atomic mass is 10.0. The number of nitrogens with one attached hydrogen (secondary N) is 4. The van der Waals surface area contributed by atoms with Crippen molar-refractivity contribution in [1.82, 2.24) is 20.5 Å². The van der Waals surface area contributed by atoms with Gasteiger partial charge in [0.15, 0.2) is 5.67 Å². The van der Waals surface area contributed by atoms with Gasteiger partial charge in [-0.15, -0.1) is 11.3 Å². The number of amidine groups is 1. The number of ether oxygens (including phenoxy) is 1. The van der Waals surface area contributed by atoms with Crippen LogP contribution >= 0.6 is 11.3 Å². The van der Waals surface area contributed by atoms with Gasteiger partial charge in [-0.05, 0) is 37.3 Å². The number of methoxy groups -OCH3 is 1. The molecular formula is C29H31FN6O4S. The molecule has 214 valence electrons. The SMILES string of the molecule is COC[C@@]1(F)C[C@@H](C(=O)N[C@H](C)c2cc(C(=N)N)cs2)N(C(=O)CNC(=O)c2ccc3[nH]c4ccccc4c3c2)C1. The number of rotatable bonds is 9. The summed E-state index contributed by atoms with van der Waals surface area (Å²) in [6.07, 6.45) is -0.237. The Bertz CT molecular complexity index is 1650. The number of nitrogen functional groups attached to an aromatic ring is 1. The van der Waals surface area contributed by atoms with Crippen molar-refractivity contribution >= 4 is 56.7 Å². The van der Waals surface area contributed by atoms with E-state index in [4.69, 9.17) is 15.9 Å². The van der Waals surface area contributed by atoms with Crippen LogP contribution in [0.5, 0.6) is 0 Å². The number of thiophene rings is 1. The molecule has 0 saturated carbocycles. The maximum absolute atomic E-state index is 15.6. The molecule has 10 nitrogen and oxygen atoms in total. The normalized spacial score (nSPS) is 19.4. The van der Waals surface area contributed by atoms with Crippen molar-refractivity contribution in [3.05, 3.63) is 69.9 Å². The Balaban J connectivity index is 1.28. The van der Waals surface area contributed by atoms with Crippen LogP contribution in [0, 0.1) is 5.41 Å². The first kappa shape index (κ1) is 28.2. The number of para-hydroxylation sites is 1. The van der Waals surface area contributed by atoms with E-state index in [1.807, 2.05) is 30.3 Å². The molecule has 6 N–H and O–H groups in total. The van der Waals surface area contributed by atoms with Crippen LogP contribution in [0.1, 0.15) is 40.2 Å². The Hall–Kier alpha value is -4.29. The van der Waals surface area contributed by atoms with Gasteiger partial charge in [-0.2, -0.15) is 0 Å². The zero-order chi connectivity index (χ0) is 29.3. The van der Waals surface area contributed by atoms with Crippen molar-refractivity contribution in [3.63, 3.8) is 0 Å². The summed E-state index contributed by atoms with van der Waals surface area (Å²) in [6, 6.07) is 13.2. The number of amides is 3. The third kappa shape index (κ3) is 5.79. The van der Waals surface area contributed by atoms with Gasteiger partial charge in [0, 0.05) is 56.7 Å². The minimum absolute atomic E-state index is 0.0798. The quantitative estimate of drug-likeness (QED) is 0.152. The minimum atomic E-state index is -1.91. The lowest BCUT2D eigenvalue weighted by Gasteiger charge is -2.25. The summed E-state index contributed by atoms with van der Waals surface area (Å²) < 4.78 is 20.6. The van der Waals surface area contributed by atoms with Crippen LogP contribution in [0.2, 0.25) is 0 Å². The zero-order valence-electron chi connectivity index (χ0n) is 22.6. The standard InChI is InChI=1S/C29H31FN6O4S/c1-16(24-10-18(13-41-24)26(31)32)34-28(39)23-11-29(30,15-40-2)14-36(23)25(37)12-33-27(38)17-7-8-22-20(9-17)19-5-3-4-6-21(19)35-22/h3-10,13,16,23,35H,11-12,14-15H2,1-2H3,(H3,31,32)(H,33,38)(H,34,39)/t16-,23+,29-/m1/s1. The van der Waals surface area contributed by atoms with E-state index in [1.54, 1.807) is 30.5 Å². The number of carbonyl (C=O) groups is 3. The first-order chi connectivity index (χ1) is 19.6. The van der Waals surface area contributed by atoms with E-state index in [-0.39, 0.29) is 25.4 Å².